The largest absolute Gasteiger partial charge is 0.606 e. The summed E-state index contributed by atoms with van der Waals surface area (Å²) >= 11 is -1.61. The van der Waals surface area contributed by atoms with Crippen LogP contribution < -0.4 is 10.4 Å². The quantitative estimate of drug-likeness (QED) is 0.547. The van der Waals surface area contributed by atoms with Crippen molar-refractivity contribution in [2.24, 2.45) is 0 Å². The van der Waals surface area contributed by atoms with Crippen LogP contribution in [0, 0.1) is 0 Å². The van der Waals surface area contributed by atoms with Gasteiger partial charge in [-0.25, -0.2) is 4.79 Å². The Kier molecular flexibility index (Phi) is 4.90. The third-order valence-electron chi connectivity index (χ3n) is 3.06. The molecule has 1 atom stereocenters. The molecule has 0 saturated heterocycles. The Morgan fingerprint density at radius 1 is 1.09 bits per heavy atom. The van der Waals surface area contributed by atoms with Gasteiger partial charge in [0.25, 0.3) is 0 Å². The monoisotopic (exact) mass is 316 g/mol. The number of para-hydroxylation sites is 1. The third kappa shape index (κ3) is 3.00. The molecular weight excluding hydrogens is 300 g/mol. The second kappa shape index (κ2) is 6.68. The molecule has 0 aliphatic carbocycles. The standard InChI is InChI=1S/C16H12O4S.CH4/c1-19-12-6-4-7-13(10-12)21(18)15-9-11-5-2-3-8-14(11)20-16(15)17;/h2-10H,1H3;1H4. The zero-order valence-corrected chi connectivity index (χ0v) is 12.1. The molecule has 5 heteroatoms. The van der Waals surface area contributed by atoms with Gasteiger partial charge < -0.3 is 13.7 Å². The van der Waals surface area contributed by atoms with Crippen LogP contribution in [0.1, 0.15) is 7.43 Å². The van der Waals surface area contributed by atoms with E-state index < -0.39 is 16.8 Å². The first-order valence-corrected chi connectivity index (χ1v) is 7.43. The van der Waals surface area contributed by atoms with Crippen molar-refractivity contribution in [3.8, 4) is 5.75 Å². The van der Waals surface area contributed by atoms with Gasteiger partial charge in [-0.15, -0.1) is 0 Å². The lowest BCUT2D eigenvalue weighted by molar-refractivity contribution is 0.413. The molecule has 0 aliphatic rings. The van der Waals surface area contributed by atoms with E-state index in [0.717, 1.165) is 5.39 Å². The van der Waals surface area contributed by atoms with Gasteiger partial charge in [0.2, 0.25) is 4.90 Å². The first-order valence-electron chi connectivity index (χ1n) is 6.28. The highest BCUT2D eigenvalue weighted by molar-refractivity contribution is 7.91. The Morgan fingerprint density at radius 3 is 2.64 bits per heavy atom. The molecule has 0 N–H and O–H groups in total. The summed E-state index contributed by atoms with van der Waals surface area (Å²) < 4.78 is 22.9. The molecule has 114 valence electrons. The molecule has 0 bridgehead atoms. The summed E-state index contributed by atoms with van der Waals surface area (Å²) in [5.74, 6) is 0.589. The maximum Gasteiger partial charge on any atom is 0.392 e. The predicted octanol–water partition coefficient (Wildman–Crippen LogP) is 3.60. The summed E-state index contributed by atoms with van der Waals surface area (Å²) in [6.07, 6.45) is 0. The minimum atomic E-state index is -1.61. The molecule has 3 aromatic rings. The van der Waals surface area contributed by atoms with Crippen molar-refractivity contribution in [2.75, 3.05) is 7.11 Å². The summed E-state index contributed by atoms with van der Waals surface area (Å²) in [6, 6.07) is 15.6. The van der Waals surface area contributed by atoms with Gasteiger partial charge in [-0.05, 0) is 18.2 Å². The minimum Gasteiger partial charge on any atom is -0.606 e. The van der Waals surface area contributed by atoms with Gasteiger partial charge in [0.05, 0.1) is 7.11 Å². The summed E-state index contributed by atoms with van der Waals surface area (Å²) in [4.78, 5) is 12.6. The van der Waals surface area contributed by atoms with Crippen LogP contribution >= 0.6 is 0 Å². The van der Waals surface area contributed by atoms with Gasteiger partial charge in [0.1, 0.15) is 11.3 Å². The van der Waals surface area contributed by atoms with Gasteiger partial charge in [0, 0.05) is 28.7 Å². The van der Waals surface area contributed by atoms with Crippen molar-refractivity contribution in [1.82, 2.24) is 0 Å². The number of ether oxygens (including phenoxy) is 1. The van der Waals surface area contributed by atoms with Gasteiger partial charge >= 0.3 is 5.63 Å². The Labute approximate surface area is 131 Å². The van der Waals surface area contributed by atoms with E-state index in [-0.39, 0.29) is 12.3 Å². The molecule has 0 spiro atoms. The minimum absolute atomic E-state index is 0. The van der Waals surface area contributed by atoms with E-state index in [9.17, 15) is 9.35 Å². The van der Waals surface area contributed by atoms with Crippen molar-refractivity contribution in [3.63, 3.8) is 0 Å². The highest BCUT2D eigenvalue weighted by Crippen LogP contribution is 2.24. The second-order valence-electron chi connectivity index (χ2n) is 4.38. The summed E-state index contributed by atoms with van der Waals surface area (Å²) in [6.45, 7) is 0. The molecule has 1 aromatic heterocycles. The molecule has 22 heavy (non-hydrogen) atoms. The predicted molar refractivity (Wildman–Crippen MR) is 86.9 cm³/mol. The number of fused-ring (bicyclic) bond motifs is 1. The Bertz CT molecular complexity index is 841. The van der Waals surface area contributed by atoms with Crippen LogP contribution in [0.2, 0.25) is 0 Å². The zero-order chi connectivity index (χ0) is 14.8. The van der Waals surface area contributed by atoms with Crippen molar-refractivity contribution < 1.29 is 13.7 Å². The van der Waals surface area contributed by atoms with E-state index in [0.29, 0.717) is 16.2 Å². The second-order valence-corrected chi connectivity index (χ2v) is 5.83. The van der Waals surface area contributed by atoms with Gasteiger partial charge in [-0.1, -0.05) is 31.7 Å². The number of rotatable bonds is 3. The van der Waals surface area contributed by atoms with E-state index in [4.69, 9.17) is 9.15 Å². The number of benzene rings is 2. The Morgan fingerprint density at radius 2 is 1.86 bits per heavy atom. The van der Waals surface area contributed by atoms with Crippen LogP contribution in [-0.4, -0.2) is 11.7 Å². The average Bonchev–Trinajstić information content (AvgIpc) is 2.53. The average molecular weight is 316 g/mol. The first-order chi connectivity index (χ1) is 10.2. The van der Waals surface area contributed by atoms with Crippen molar-refractivity contribution >= 4 is 22.1 Å². The lowest BCUT2D eigenvalue weighted by Gasteiger charge is -2.10. The van der Waals surface area contributed by atoms with Crippen LogP contribution in [0.5, 0.6) is 5.75 Å². The maximum absolute atomic E-state index is 12.6. The number of hydrogen-bond donors (Lipinski definition) is 0. The number of methoxy groups -OCH3 is 1. The van der Waals surface area contributed by atoms with Crippen LogP contribution in [0.15, 0.2) is 73.6 Å². The van der Waals surface area contributed by atoms with Crippen molar-refractivity contribution in [2.45, 2.75) is 17.2 Å². The highest BCUT2D eigenvalue weighted by atomic mass is 32.2. The van der Waals surface area contributed by atoms with E-state index in [2.05, 4.69) is 0 Å². The van der Waals surface area contributed by atoms with E-state index in [1.807, 2.05) is 12.1 Å². The summed E-state index contributed by atoms with van der Waals surface area (Å²) in [5, 5.41) is 0.739. The van der Waals surface area contributed by atoms with Crippen molar-refractivity contribution in [3.05, 3.63) is 65.0 Å². The molecule has 3 rings (SSSR count). The third-order valence-corrected chi connectivity index (χ3v) is 4.43. The van der Waals surface area contributed by atoms with Gasteiger partial charge in [0.15, 0.2) is 4.90 Å². The van der Waals surface area contributed by atoms with Crippen LogP contribution in [-0.2, 0) is 11.2 Å². The Hall–Kier alpha value is -2.24. The molecule has 1 heterocycles. The molecule has 1 unspecified atom stereocenters. The molecule has 4 nitrogen and oxygen atoms in total. The lowest BCUT2D eigenvalue weighted by atomic mass is 10.2. The normalized spacial score (nSPS) is 11.7. The molecule has 0 radical (unpaired) electrons. The molecule has 0 saturated carbocycles. The van der Waals surface area contributed by atoms with Gasteiger partial charge in [-0.2, -0.15) is 0 Å². The number of hydrogen-bond acceptors (Lipinski definition) is 4. The van der Waals surface area contributed by atoms with Gasteiger partial charge in [-0.3, -0.25) is 0 Å². The molecule has 0 fully saturated rings. The summed E-state index contributed by atoms with van der Waals surface area (Å²) in [5.41, 5.74) is -0.108. The zero-order valence-electron chi connectivity index (χ0n) is 11.2. The highest BCUT2D eigenvalue weighted by Gasteiger charge is 2.21. The SMILES string of the molecule is C.COc1cccc([S+]([O-])c2cc3ccccc3oc2=O)c1. The topological polar surface area (TPSA) is 62.5 Å². The molecule has 0 amide bonds. The smallest absolute Gasteiger partial charge is 0.392 e. The maximum atomic E-state index is 12.6. The summed E-state index contributed by atoms with van der Waals surface area (Å²) in [7, 11) is 1.53. The molecule has 2 aromatic carbocycles. The van der Waals surface area contributed by atoms with E-state index in [1.54, 1.807) is 42.5 Å². The van der Waals surface area contributed by atoms with Crippen LogP contribution in [0.25, 0.3) is 11.0 Å². The van der Waals surface area contributed by atoms with Crippen LogP contribution in [0.3, 0.4) is 0 Å². The lowest BCUT2D eigenvalue weighted by Crippen LogP contribution is -2.14. The first kappa shape index (κ1) is 16.1. The van der Waals surface area contributed by atoms with Crippen LogP contribution in [0.4, 0.5) is 0 Å². The molecular formula is C17H16O4S. The fraction of sp³-hybridized carbons (Fsp3) is 0.118. The fourth-order valence-corrected chi connectivity index (χ4v) is 3.12. The van der Waals surface area contributed by atoms with Crippen molar-refractivity contribution in [1.29, 1.82) is 0 Å². The Balaban J connectivity index is 0.00000176. The molecule has 0 aliphatic heterocycles. The van der Waals surface area contributed by atoms with E-state index in [1.165, 1.54) is 7.11 Å². The fourth-order valence-electron chi connectivity index (χ4n) is 2.02. The van der Waals surface area contributed by atoms with E-state index >= 15 is 0 Å².